The highest BCUT2D eigenvalue weighted by Gasteiger charge is 2.38. The number of Topliss-reactive ketones (excluding diaryl/α,β-unsaturated/α-hetero) is 6. The lowest BCUT2D eigenvalue weighted by Crippen LogP contribution is -2.46. The molecule has 18 heteroatoms. The molecule has 0 heterocycles. The van der Waals surface area contributed by atoms with Crippen molar-refractivity contribution in [2.45, 2.75) is 140 Å². The maximum Gasteiger partial charge on any atom is 0.490 e. The average molecular weight is 719 g/mol. The third-order valence-corrected chi connectivity index (χ3v) is 4.77. The van der Waals surface area contributed by atoms with Gasteiger partial charge in [-0.1, -0.05) is 21.8 Å². The second kappa shape index (κ2) is 28.8. The van der Waals surface area contributed by atoms with E-state index in [4.69, 9.17) is 20.4 Å². The Morgan fingerprint density at radius 2 is 1.04 bits per heavy atom. The molecule has 0 aromatic rings. The highest BCUT2D eigenvalue weighted by molar-refractivity contribution is 5.92. The van der Waals surface area contributed by atoms with Crippen LogP contribution < -0.4 is 21.7 Å². The minimum Gasteiger partial charge on any atom is -0.475 e. The topological polar surface area (TPSA) is 245 Å². The smallest absolute Gasteiger partial charge is 0.475 e. The van der Waals surface area contributed by atoms with Crippen LogP contribution >= 0.6 is 0 Å². The first-order valence-electron chi connectivity index (χ1n) is 14.2. The fourth-order valence-corrected chi connectivity index (χ4v) is 2.52. The van der Waals surface area contributed by atoms with Crippen LogP contribution in [0.15, 0.2) is 0 Å². The number of urea groups is 1. The van der Waals surface area contributed by atoms with E-state index in [9.17, 15) is 51.5 Å². The van der Waals surface area contributed by atoms with E-state index in [1.165, 1.54) is 41.5 Å². The zero-order valence-corrected chi connectivity index (χ0v) is 28.5. The fourth-order valence-electron chi connectivity index (χ4n) is 2.52. The van der Waals surface area contributed by atoms with E-state index in [-0.39, 0.29) is 68.8 Å². The van der Waals surface area contributed by atoms with Crippen LogP contribution in [0.4, 0.5) is 22.8 Å². The van der Waals surface area contributed by atoms with Crippen LogP contribution in [0, 0.1) is 0 Å². The van der Waals surface area contributed by atoms with Crippen molar-refractivity contribution < 1.29 is 66.2 Å². The molecule has 0 aliphatic rings. The molecule has 0 aromatic carbocycles. The first kappa shape index (κ1) is 57.1. The van der Waals surface area contributed by atoms with Crippen molar-refractivity contribution in [2.75, 3.05) is 6.54 Å². The molecule has 0 rings (SSSR count). The quantitative estimate of drug-likeness (QED) is 0.182. The number of alkyl halides is 3. The summed E-state index contributed by atoms with van der Waals surface area (Å²) >= 11 is 0. The van der Waals surface area contributed by atoms with Gasteiger partial charge in [0, 0.05) is 25.8 Å². The summed E-state index contributed by atoms with van der Waals surface area (Å²) in [5.41, 5.74) is 4.62. The third-order valence-electron chi connectivity index (χ3n) is 4.77. The molecule has 0 spiro atoms. The number of carbonyl (C=O) groups excluding carboxylic acids is 8. The molecule has 0 radical (unpaired) electrons. The number of nitrogens with one attached hydrogen (secondary N) is 3. The number of carbonyl (C=O) groups is 9. The molecule has 3 amide bonds. The Balaban J connectivity index is -0.000000130. The number of aliphatic carboxylic acids is 1. The molecule has 0 aromatic heterocycles. The maximum absolute atomic E-state index is 11.4. The van der Waals surface area contributed by atoms with Gasteiger partial charge in [-0.05, 0) is 68.7 Å². The van der Waals surface area contributed by atoms with Crippen molar-refractivity contribution in [3.63, 3.8) is 0 Å². The molecule has 0 saturated heterocycles. The number of halogens is 3. The van der Waals surface area contributed by atoms with Crippen LogP contribution in [0.1, 0.15) is 110 Å². The predicted molar refractivity (Wildman–Crippen MR) is 177 cm³/mol. The molecule has 6 N–H and O–H groups in total. The fraction of sp³-hybridized carbons (Fsp3) is 0.710. The lowest BCUT2D eigenvalue weighted by molar-refractivity contribution is -0.192. The van der Waals surface area contributed by atoms with Crippen molar-refractivity contribution in [1.29, 1.82) is 0 Å². The minimum atomic E-state index is -5.08. The molecule has 15 nitrogen and oxygen atoms in total. The number of carboxylic acids is 1. The van der Waals surface area contributed by atoms with Gasteiger partial charge in [0.2, 0.25) is 0 Å². The Labute approximate surface area is 287 Å². The van der Waals surface area contributed by atoms with Crippen LogP contribution in [0.5, 0.6) is 0 Å². The summed E-state index contributed by atoms with van der Waals surface area (Å²) in [6, 6.07) is -2.51. The molecule has 0 unspecified atom stereocenters. The molecule has 0 aliphatic heterocycles. The van der Waals surface area contributed by atoms with Gasteiger partial charge in [0.25, 0.3) is 0 Å². The van der Waals surface area contributed by atoms with Gasteiger partial charge in [-0.25, -0.2) is 14.4 Å². The number of ketones is 6. The average Bonchev–Trinajstić information content (AvgIpc) is 2.85. The van der Waals surface area contributed by atoms with Crippen LogP contribution in [-0.2, 0) is 38.3 Å². The third kappa shape index (κ3) is 41.8. The van der Waals surface area contributed by atoms with Crippen LogP contribution in [0.2, 0.25) is 0 Å². The first-order chi connectivity index (χ1) is 21.1. The SMILES string of the molecule is C.C.CC(=O)C[C@H](N)C(C)=O.CC(=O)C[C@H](NC(=O)OC(C)(C)C)C(C)=O.CCCNC(=O)N[C@@H](CC(C)=O)C(C)=O.O=C(O)C(F)(F)F. The van der Waals surface area contributed by atoms with E-state index in [0.29, 0.717) is 6.54 Å². The van der Waals surface area contributed by atoms with Crippen LogP contribution in [0.25, 0.3) is 0 Å². The van der Waals surface area contributed by atoms with Gasteiger partial charge in [-0.2, -0.15) is 13.2 Å². The lowest BCUT2D eigenvalue weighted by Gasteiger charge is -2.22. The Morgan fingerprint density at radius 1 is 0.694 bits per heavy atom. The second-order valence-electron chi connectivity index (χ2n) is 11.1. The van der Waals surface area contributed by atoms with Gasteiger partial charge < -0.3 is 31.5 Å². The Kier molecular flexibility index (Phi) is 33.5. The van der Waals surface area contributed by atoms with E-state index < -0.39 is 48.0 Å². The Hall–Kier alpha value is -4.22. The molecule has 3 atom stereocenters. The summed E-state index contributed by atoms with van der Waals surface area (Å²) in [6.45, 7) is 15.9. The molecular weight excluding hydrogens is 661 g/mol. The highest BCUT2D eigenvalue weighted by Crippen LogP contribution is 2.13. The zero-order chi connectivity index (χ0) is 38.3. The zero-order valence-electron chi connectivity index (χ0n) is 28.5. The van der Waals surface area contributed by atoms with E-state index in [1.54, 1.807) is 20.8 Å². The molecule has 288 valence electrons. The highest BCUT2D eigenvalue weighted by atomic mass is 19.4. The molecule has 0 bridgehead atoms. The van der Waals surface area contributed by atoms with Crippen molar-refractivity contribution in [2.24, 2.45) is 5.73 Å². The van der Waals surface area contributed by atoms with Gasteiger partial charge in [0.05, 0.1) is 18.1 Å². The number of hydrogen-bond donors (Lipinski definition) is 5. The standard InChI is InChI=1S/C11H19NO4.C10H18N2O3.C6H11NO2.C2HF3O2.2CH4/c1-7(13)6-9(8(2)14)12-10(15)16-11(3,4)5;1-4-5-11-10(15)12-9(8(3)14)6-7(2)13;1-4(8)3-6(7)5(2)9;3-2(4,5)1(6)7;;/h9H,6H2,1-5H3,(H,12,15);9H,4-6H2,1-3H3,(H2,11,12,15);6H,3,7H2,1-2H3;(H,6,7);2*1H4/t2*9-;6-;;;/m000.../s1. The summed E-state index contributed by atoms with van der Waals surface area (Å²) in [5, 5.41) is 14.5. The lowest BCUT2D eigenvalue weighted by atomic mass is 10.1. The molecular formula is C31H57F3N4O11. The monoisotopic (exact) mass is 718 g/mol. The van der Waals surface area contributed by atoms with Crippen molar-refractivity contribution in [3.8, 4) is 0 Å². The van der Waals surface area contributed by atoms with E-state index in [2.05, 4.69) is 16.0 Å². The van der Waals surface area contributed by atoms with Gasteiger partial charge in [0.1, 0.15) is 28.7 Å². The van der Waals surface area contributed by atoms with Gasteiger partial charge in [-0.3, -0.25) is 28.8 Å². The summed E-state index contributed by atoms with van der Waals surface area (Å²) in [5.74, 6) is -3.68. The number of nitrogens with two attached hydrogens (primary N) is 1. The van der Waals surface area contributed by atoms with Crippen molar-refractivity contribution in [3.05, 3.63) is 0 Å². The minimum absolute atomic E-state index is 0. The number of amides is 3. The van der Waals surface area contributed by atoms with Gasteiger partial charge in [0.15, 0.2) is 11.6 Å². The summed E-state index contributed by atoms with van der Waals surface area (Å²) < 4.78 is 36.7. The second-order valence-corrected chi connectivity index (χ2v) is 11.1. The molecule has 0 aliphatic carbocycles. The Bertz CT molecular complexity index is 1090. The Morgan fingerprint density at radius 3 is 1.27 bits per heavy atom. The summed E-state index contributed by atoms with van der Waals surface area (Å²) in [7, 11) is 0. The van der Waals surface area contributed by atoms with Crippen LogP contribution in [-0.4, -0.2) is 94.3 Å². The first-order valence-corrected chi connectivity index (χ1v) is 14.2. The van der Waals surface area contributed by atoms with Gasteiger partial charge in [-0.15, -0.1) is 0 Å². The van der Waals surface area contributed by atoms with Crippen molar-refractivity contribution in [1.82, 2.24) is 16.0 Å². The normalized spacial score (nSPS) is 11.7. The van der Waals surface area contributed by atoms with E-state index in [1.807, 2.05) is 6.92 Å². The van der Waals surface area contributed by atoms with Crippen molar-refractivity contribution >= 4 is 52.8 Å². The summed E-state index contributed by atoms with van der Waals surface area (Å²) in [6.07, 6.45) is -4.74. The van der Waals surface area contributed by atoms with Crippen LogP contribution in [0.3, 0.4) is 0 Å². The largest absolute Gasteiger partial charge is 0.490 e. The van der Waals surface area contributed by atoms with E-state index in [0.717, 1.165) is 6.42 Å². The summed E-state index contributed by atoms with van der Waals surface area (Å²) in [4.78, 5) is 96.2. The predicted octanol–water partition coefficient (Wildman–Crippen LogP) is 3.87. The van der Waals surface area contributed by atoms with E-state index >= 15 is 0 Å². The van der Waals surface area contributed by atoms with Gasteiger partial charge >= 0.3 is 24.3 Å². The maximum atomic E-state index is 11.4. The number of hydrogen-bond acceptors (Lipinski definition) is 11. The molecule has 0 saturated carbocycles. The number of rotatable bonds is 13. The number of ether oxygens (including phenoxy) is 1. The number of alkyl carbamates (subject to hydrolysis) is 1. The number of carboxylic acid groups (broad SMARTS) is 1. The molecule has 49 heavy (non-hydrogen) atoms. The molecule has 0 fully saturated rings.